The predicted molar refractivity (Wildman–Crippen MR) is 129 cm³/mol. The van der Waals surface area contributed by atoms with Gasteiger partial charge >= 0.3 is 0 Å². The zero-order valence-corrected chi connectivity index (χ0v) is 19.4. The van der Waals surface area contributed by atoms with Crippen LogP contribution in [-0.2, 0) is 11.2 Å². The first-order chi connectivity index (χ1) is 16.4. The molecule has 0 bridgehead atoms. The van der Waals surface area contributed by atoms with Gasteiger partial charge in [-0.15, -0.1) is 0 Å². The second kappa shape index (κ2) is 10.3. The molecule has 1 atom stereocenters. The van der Waals surface area contributed by atoms with E-state index in [1.165, 1.54) is 0 Å². The highest BCUT2D eigenvalue weighted by Gasteiger charge is 2.15. The molecule has 2 heterocycles. The van der Waals surface area contributed by atoms with Crippen LogP contribution in [0.1, 0.15) is 24.9 Å². The molecule has 0 aliphatic heterocycles. The normalized spacial score (nSPS) is 11.9. The van der Waals surface area contributed by atoms with Crippen molar-refractivity contribution >= 4 is 16.9 Å². The summed E-state index contributed by atoms with van der Waals surface area (Å²) in [6.45, 7) is 3.56. The van der Waals surface area contributed by atoms with E-state index in [2.05, 4.69) is 5.32 Å². The Morgan fingerprint density at radius 1 is 1.09 bits per heavy atom. The summed E-state index contributed by atoms with van der Waals surface area (Å²) in [5.74, 6) is 2.33. The Hall–Kier alpha value is -4.00. The highest BCUT2D eigenvalue weighted by molar-refractivity contribution is 5.84. The molecule has 1 amide bonds. The summed E-state index contributed by atoms with van der Waals surface area (Å²) in [5, 5.41) is 3.36. The minimum atomic E-state index is -0.223. The van der Waals surface area contributed by atoms with Crippen LogP contribution in [0, 0.1) is 6.92 Å². The number of nitrogens with one attached hydrogen (secondary N) is 1. The van der Waals surface area contributed by atoms with Crippen molar-refractivity contribution < 1.29 is 23.1 Å². The number of amides is 1. The number of fused-ring (bicyclic) bond motifs is 1. The first-order valence-electron chi connectivity index (χ1n) is 11.1. The van der Waals surface area contributed by atoms with Gasteiger partial charge in [0.2, 0.25) is 5.43 Å². The molecule has 0 saturated heterocycles. The standard InChI is InChI=1S/C27H27NO6/c1-17(6-9-21-5-4-14-32-21)28-25(29)16-33-22-12-13-23-24(15-22)34-18(2)26(27(23)30)19-7-10-20(31-3)11-8-19/h4-5,7-8,10-15,17H,6,9,16H2,1-3H3,(H,28,29)/t17-/m1/s1. The Morgan fingerprint density at radius 2 is 1.85 bits per heavy atom. The van der Waals surface area contributed by atoms with E-state index in [0.29, 0.717) is 33.8 Å². The number of hydrogen-bond donors (Lipinski definition) is 1. The summed E-state index contributed by atoms with van der Waals surface area (Å²) >= 11 is 0. The minimum Gasteiger partial charge on any atom is -0.497 e. The highest BCUT2D eigenvalue weighted by Crippen LogP contribution is 2.27. The van der Waals surface area contributed by atoms with E-state index in [-0.39, 0.29) is 24.0 Å². The van der Waals surface area contributed by atoms with Gasteiger partial charge in [0.25, 0.3) is 5.91 Å². The summed E-state index contributed by atoms with van der Waals surface area (Å²) in [5.41, 5.74) is 1.54. The monoisotopic (exact) mass is 461 g/mol. The third-order valence-corrected chi connectivity index (χ3v) is 5.60. The summed E-state index contributed by atoms with van der Waals surface area (Å²) in [6, 6.07) is 16.0. The van der Waals surface area contributed by atoms with Crippen molar-refractivity contribution in [1.82, 2.24) is 5.32 Å². The van der Waals surface area contributed by atoms with E-state index in [4.69, 9.17) is 18.3 Å². The van der Waals surface area contributed by atoms with Crippen molar-refractivity contribution in [1.29, 1.82) is 0 Å². The lowest BCUT2D eigenvalue weighted by atomic mass is 10.0. The van der Waals surface area contributed by atoms with Crippen LogP contribution in [0.25, 0.3) is 22.1 Å². The number of furan rings is 1. The van der Waals surface area contributed by atoms with Gasteiger partial charge in [0.1, 0.15) is 28.6 Å². The number of methoxy groups -OCH3 is 1. The molecule has 0 radical (unpaired) electrons. The maximum Gasteiger partial charge on any atom is 0.258 e. The number of rotatable bonds is 9. The van der Waals surface area contributed by atoms with Crippen molar-refractivity contribution in [3.63, 3.8) is 0 Å². The average Bonchev–Trinajstić information content (AvgIpc) is 3.35. The second-order valence-electron chi connectivity index (χ2n) is 8.12. The van der Waals surface area contributed by atoms with Crippen molar-refractivity contribution in [2.24, 2.45) is 0 Å². The molecule has 1 N–H and O–H groups in total. The maximum absolute atomic E-state index is 13.1. The van der Waals surface area contributed by atoms with Crippen molar-refractivity contribution in [2.45, 2.75) is 32.7 Å². The minimum absolute atomic E-state index is 0.0187. The number of carbonyl (C=O) groups is 1. The van der Waals surface area contributed by atoms with Crippen molar-refractivity contribution in [3.8, 4) is 22.6 Å². The summed E-state index contributed by atoms with van der Waals surface area (Å²) in [6.07, 6.45) is 3.15. The lowest BCUT2D eigenvalue weighted by Gasteiger charge is -2.14. The van der Waals surface area contributed by atoms with Crippen molar-refractivity contribution in [2.75, 3.05) is 13.7 Å². The summed E-state index contributed by atoms with van der Waals surface area (Å²) in [4.78, 5) is 25.4. The van der Waals surface area contributed by atoms with Gasteiger partial charge in [-0.3, -0.25) is 9.59 Å². The molecule has 2 aromatic heterocycles. The molecule has 0 spiro atoms. The van der Waals surface area contributed by atoms with Crippen LogP contribution >= 0.6 is 0 Å². The molecule has 0 saturated carbocycles. The van der Waals surface area contributed by atoms with Gasteiger partial charge in [-0.25, -0.2) is 0 Å². The SMILES string of the molecule is COc1ccc(-c2c(C)oc3cc(OCC(=O)N[C@H](C)CCc4ccco4)ccc3c2=O)cc1. The molecular formula is C27H27NO6. The first-order valence-corrected chi connectivity index (χ1v) is 11.1. The molecule has 2 aromatic carbocycles. The molecule has 4 aromatic rings. The number of aryl methyl sites for hydroxylation is 2. The van der Waals surface area contributed by atoms with E-state index in [9.17, 15) is 9.59 Å². The zero-order chi connectivity index (χ0) is 24.1. The molecule has 34 heavy (non-hydrogen) atoms. The quantitative estimate of drug-likeness (QED) is 0.382. The largest absolute Gasteiger partial charge is 0.497 e. The molecule has 7 nitrogen and oxygen atoms in total. The highest BCUT2D eigenvalue weighted by atomic mass is 16.5. The van der Waals surface area contributed by atoms with Gasteiger partial charge in [-0.1, -0.05) is 12.1 Å². The van der Waals surface area contributed by atoms with Crippen LogP contribution in [0.4, 0.5) is 0 Å². The van der Waals surface area contributed by atoms with E-state index in [1.54, 1.807) is 50.6 Å². The van der Waals surface area contributed by atoms with E-state index in [1.807, 2.05) is 31.2 Å². The van der Waals surface area contributed by atoms with Crippen molar-refractivity contribution in [3.05, 3.63) is 82.6 Å². The maximum atomic E-state index is 13.1. The fourth-order valence-electron chi connectivity index (χ4n) is 3.82. The molecule has 0 aliphatic rings. The predicted octanol–water partition coefficient (Wildman–Crippen LogP) is 4.89. The first kappa shape index (κ1) is 23.2. The molecule has 0 aliphatic carbocycles. The van der Waals surface area contributed by atoms with Crippen LogP contribution in [-0.4, -0.2) is 25.7 Å². The smallest absolute Gasteiger partial charge is 0.258 e. The van der Waals surface area contributed by atoms with Crippen LogP contribution in [0.15, 0.2) is 74.5 Å². The van der Waals surface area contributed by atoms with Gasteiger partial charge in [-0.2, -0.15) is 0 Å². The molecule has 0 fully saturated rings. The van der Waals surface area contributed by atoms with E-state index < -0.39 is 0 Å². The van der Waals surface area contributed by atoms with Crippen LogP contribution < -0.4 is 20.2 Å². The fourth-order valence-corrected chi connectivity index (χ4v) is 3.82. The topological polar surface area (TPSA) is 90.9 Å². The molecular weight excluding hydrogens is 434 g/mol. The second-order valence-corrected chi connectivity index (χ2v) is 8.12. The molecule has 7 heteroatoms. The summed E-state index contributed by atoms with van der Waals surface area (Å²) in [7, 11) is 1.59. The third kappa shape index (κ3) is 5.31. The molecule has 176 valence electrons. The average molecular weight is 462 g/mol. The Balaban J connectivity index is 1.42. The van der Waals surface area contributed by atoms with Gasteiger partial charge < -0.3 is 23.6 Å². The lowest BCUT2D eigenvalue weighted by molar-refractivity contribution is -0.123. The lowest BCUT2D eigenvalue weighted by Crippen LogP contribution is -2.36. The van der Waals surface area contributed by atoms with Crippen LogP contribution in [0.5, 0.6) is 11.5 Å². The molecule has 4 rings (SSSR count). The Morgan fingerprint density at radius 3 is 2.56 bits per heavy atom. The van der Waals surface area contributed by atoms with Crippen LogP contribution in [0.3, 0.4) is 0 Å². The van der Waals surface area contributed by atoms with Gasteiger partial charge in [0, 0.05) is 18.5 Å². The summed E-state index contributed by atoms with van der Waals surface area (Å²) < 4.78 is 22.1. The van der Waals surface area contributed by atoms with Gasteiger partial charge in [-0.05, 0) is 62.2 Å². The number of ether oxygens (including phenoxy) is 2. The van der Waals surface area contributed by atoms with E-state index >= 15 is 0 Å². The number of benzene rings is 2. The van der Waals surface area contributed by atoms with Crippen LogP contribution in [0.2, 0.25) is 0 Å². The Labute approximate surface area is 197 Å². The number of hydrogen-bond acceptors (Lipinski definition) is 6. The zero-order valence-electron chi connectivity index (χ0n) is 19.4. The van der Waals surface area contributed by atoms with Gasteiger partial charge in [0.05, 0.1) is 24.3 Å². The van der Waals surface area contributed by atoms with Gasteiger partial charge in [0.15, 0.2) is 6.61 Å². The third-order valence-electron chi connectivity index (χ3n) is 5.60. The van der Waals surface area contributed by atoms with E-state index in [0.717, 1.165) is 24.2 Å². The number of carbonyl (C=O) groups excluding carboxylic acids is 1. The molecule has 0 unspecified atom stereocenters. The Bertz CT molecular complexity index is 1320. The Kier molecular flexibility index (Phi) is 7.01. The fraction of sp³-hybridized carbons (Fsp3) is 0.259.